The Labute approximate surface area is 186 Å². The van der Waals surface area contributed by atoms with Crippen LogP contribution < -0.4 is 5.32 Å². The van der Waals surface area contributed by atoms with Gasteiger partial charge >= 0.3 is 0 Å². The van der Waals surface area contributed by atoms with E-state index >= 15 is 0 Å². The summed E-state index contributed by atoms with van der Waals surface area (Å²) in [4.78, 5) is 17.1. The Morgan fingerprint density at radius 3 is 2.55 bits per heavy atom. The highest BCUT2D eigenvalue weighted by molar-refractivity contribution is 8.00. The molecule has 2 heterocycles. The van der Waals surface area contributed by atoms with Gasteiger partial charge in [0.15, 0.2) is 5.58 Å². The summed E-state index contributed by atoms with van der Waals surface area (Å²) < 4.78 is 33.1. The van der Waals surface area contributed by atoms with Gasteiger partial charge in [-0.3, -0.25) is 4.79 Å². The fourth-order valence-electron chi connectivity index (χ4n) is 3.44. The van der Waals surface area contributed by atoms with Crippen LogP contribution in [0.3, 0.4) is 0 Å². The highest BCUT2D eigenvalue weighted by atomic mass is 32.2. The van der Waals surface area contributed by atoms with Crippen LogP contribution in [-0.4, -0.2) is 42.0 Å². The van der Waals surface area contributed by atoms with Gasteiger partial charge in [-0.05, 0) is 57.0 Å². The molecule has 0 radical (unpaired) electrons. The normalized spacial score (nSPS) is 16.3. The number of rotatable bonds is 6. The molecule has 1 fully saturated rings. The molecular formula is C22H25N3O4S2. The monoisotopic (exact) mass is 459 g/mol. The minimum absolute atomic E-state index is 0.163. The van der Waals surface area contributed by atoms with E-state index in [4.69, 9.17) is 4.42 Å². The van der Waals surface area contributed by atoms with Gasteiger partial charge in [0.1, 0.15) is 5.52 Å². The SMILES string of the molecule is Cc1ccc(NC(=O)[C@H](C)Sc2nc3cc(S(=O)(=O)N4CCCCC4)ccc3o2)cc1. The summed E-state index contributed by atoms with van der Waals surface area (Å²) >= 11 is 1.19. The van der Waals surface area contributed by atoms with Crippen molar-refractivity contribution >= 4 is 44.5 Å². The molecule has 1 amide bonds. The van der Waals surface area contributed by atoms with Gasteiger partial charge in [-0.2, -0.15) is 4.31 Å². The van der Waals surface area contributed by atoms with E-state index in [0.717, 1.165) is 30.5 Å². The largest absolute Gasteiger partial charge is 0.431 e. The number of amides is 1. The smallest absolute Gasteiger partial charge is 0.257 e. The molecule has 3 aromatic rings. The molecule has 164 valence electrons. The summed E-state index contributed by atoms with van der Waals surface area (Å²) in [5, 5.41) is 2.76. The summed E-state index contributed by atoms with van der Waals surface area (Å²) in [6.45, 7) is 4.86. The molecule has 9 heteroatoms. The highest BCUT2D eigenvalue weighted by Gasteiger charge is 2.27. The lowest BCUT2D eigenvalue weighted by atomic mass is 10.2. The highest BCUT2D eigenvalue weighted by Crippen LogP contribution is 2.30. The van der Waals surface area contributed by atoms with Crippen molar-refractivity contribution in [2.45, 2.75) is 48.5 Å². The zero-order valence-electron chi connectivity index (χ0n) is 17.5. The number of benzene rings is 2. The second kappa shape index (κ2) is 9.02. The first-order chi connectivity index (χ1) is 14.8. The molecule has 0 spiro atoms. The summed E-state index contributed by atoms with van der Waals surface area (Å²) in [5.74, 6) is -0.163. The molecule has 1 aliphatic rings. The fourth-order valence-corrected chi connectivity index (χ4v) is 5.73. The van der Waals surface area contributed by atoms with Crippen molar-refractivity contribution in [2.24, 2.45) is 0 Å². The van der Waals surface area contributed by atoms with Crippen molar-refractivity contribution in [3.63, 3.8) is 0 Å². The molecule has 2 aromatic carbocycles. The molecule has 31 heavy (non-hydrogen) atoms. The summed E-state index contributed by atoms with van der Waals surface area (Å²) in [6, 6.07) is 12.3. The number of sulfonamides is 1. The van der Waals surface area contributed by atoms with Crippen LogP contribution >= 0.6 is 11.8 Å². The quantitative estimate of drug-likeness (QED) is 0.548. The zero-order chi connectivity index (χ0) is 22.0. The molecule has 0 aliphatic carbocycles. The molecule has 1 atom stereocenters. The van der Waals surface area contributed by atoms with Crippen LogP contribution in [0, 0.1) is 6.92 Å². The van der Waals surface area contributed by atoms with Gasteiger partial charge in [0.2, 0.25) is 15.9 Å². The number of piperidine rings is 1. The molecule has 0 unspecified atom stereocenters. The maximum atomic E-state index is 12.9. The Kier molecular flexibility index (Phi) is 6.36. The molecule has 0 saturated carbocycles. The minimum atomic E-state index is -3.54. The van der Waals surface area contributed by atoms with Gasteiger partial charge in [-0.25, -0.2) is 13.4 Å². The Morgan fingerprint density at radius 2 is 1.84 bits per heavy atom. The first-order valence-corrected chi connectivity index (χ1v) is 12.6. The average Bonchev–Trinajstić information content (AvgIpc) is 3.17. The minimum Gasteiger partial charge on any atom is -0.431 e. The number of fused-ring (bicyclic) bond motifs is 1. The van der Waals surface area contributed by atoms with Gasteiger partial charge in [-0.1, -0.05) is 35.9 Å². The van der Waals surface area contributed by atoms with E-state index in [2.05, 4.69) is 10.3 Å². The van der Waals surface area contributed by atoms with Gasteiger partial charge in [0.05, 0.1) is 10.1 Å². The van der Waals surface area contributed by atoms with E-state index in [1.54, 1.807) is 25.1 Å². The third-order valence-electron chi connectivity index (χ3n) is 5.26. The van der Waals surface area contributed by atoms with Crippen molar-refractivity contribution in [1.82, 2.24) is 9.29 Å². The lowest BCUT2D eigenvalue weighted by Gasteiger charge is -2.25. The van der Waals surface area contributed by atoms with Crippen molar-refractivity contribution in [3.05, 3.63) is 48.0 Å². The Morgan fingerprint density at radius 1 is 1.13 bits per heavy atom. The topological polar surface area (TPSA) is 92.5 Å². The average molecular weight is 460 g/mol. The predicted octanol–water partition coefficient (Wildman–Crippen LogP) is 4.43. The first kappa shape index (κ1) is 21.9. The Bertz CT molecular complexity index is 1180. The lowest BCUT2D eigenvalue weighted by Crippen LogP contribution is -2.35. The predicted molar refractivity (Wildman–Crippen MR) is 122 cm³/mol. The molecule has 1 saturated heterocycles. The van der Waals surface area contributed by atoms with E-state index in [1.807, 2.05) is 31.2 Å². The standard InChI is InChI=1S/C22H25N3O4S2/c1-15-6-8-17(9-7-15)23-21(26)16(2)30-22-24-19-14-18(10-11-20(19)29-22)31(27,28)25-12-4-3-5-13-25/h6-11,14,16H,3-5,12-13H2,1-2H3,(H,23,26)/t16-/m0/s1. The van der Waals surface area contributed by atoms with Crippen molar-refractivity contribution in [3.8, 4) is 0 Å². The van der Waals surface area contributed by atoms with E-state index in [9.17, 15) is 13.2 Å². The second-order valence-corrected chi connectivity index (χ2v) is 10.9. The number of anilines is 1. The molecule has 7 nitrogen and oxygen atoms in total. The van der Waals surface area contributed by atoms with Crippen LogP contribution in [0.4, 0.5) is 5.69 Å². The maximum absolute atomic E-state index is 12.9. The maximum Gasteiger partial charge on any atom is 0.257 e. The summed E-state index contributed by atoms with van der Waals surface area (Å²) in [7, 11) is -3.54. The van der Waals surface area contributed by atoms with Gasteiger partial charge < -0.3 is 9.73 Å². The van der Waals surface area contributed by atoms with Crippen LogP contribution in [0.1, 0.15) is 31.7 Å². The van der Waals surface area contributed by atoms with Crippen LogP contribution in [-0.2, 0) is 14.8 Å². The summed E-state index contributed by atoms with van der Waals surface area (Å²) in [6.07, 6.45) is 2.83. The third kappa shape index (κ3) is 4.94. The molecular weight excluding hydrogens is 434 g/mol. The molecule has 1 aromatic heterocycles. The Balaban J connectivity index is 1.47. The number of hydrogen-bond acceptors (Lipinski definition) is 6. The number of oxazole rings is 1. The molecule has 1 N–H and O–H groups in total. The van der Waals surface area contributed by atoms with Crippen LogP contribution in [0.5, 0.6) is 0 Å². The fraction of sp³-hybridized carbons (Fsp3) is 0.364. The number of carbonyl (C=O) groups excluding carboxylic acids is 1. The number of nitrogens with one attached hydrogen (secondary N) is 1. The zero-order valence-corrected chi connectivity index (χ0v) is 19.1. The van der Waals surface area contributed by atoms with Gasteiger partial charge in [0, 0.05) is 18.8 Å². The van der Waals surface area contributed by atoms with Gasteiger partial charge in [-0.15, -0.1) is 0 Å². The van der Waals surface area contributed by atoms with Gasteiger partial charge in [0.25, 0.3) is 5.22 Å². The van der Waals surface area contributed by atoms with E-state index in [0.29, 0.717) is 29.4 Å². The molecule has 1 aliphatic heterocycles. The number of aromatic nitrogens is 1. The second-order valence-electron chi connectivity index (χ2n) is 7.69. The third-order valence-corrected chi connectivity index (χ3v) is 8.10. The van der Waals surface area contributed by atoms with Crippen LogP contribution in [0.15, 0.2) is 57.0 Å². The van der Waals surface area contributed by atoms with Crippen LogP contribution in [0.2, 0.25) is 0 Å². The number of aryl methyl sites for hydroxylation is 1. The first-order valence-electron chi connectivity index (χ1n) is 10.3. The van der Waals surface area contributed by atoms with Crippen molar-refractivity contribution < 1.29 is 17.6 Å². The number of nitrogens with zero attached hydrogens (tertiary/aromatic N) is 2. The van der Waals surface area contributed by atoms with Crippen LogP contribution in [0.25, 0.3) is 11.1 Å². The van der Waals surface area contributed by atoms with Crippen molar-refractivity contribution in [1.29, 1.82) is 0 Å². The number of hydrogen-bond donors (Lipinski definition) is 1. The van der Waals surface area contributed by atoms with E-state index in [1.165, 1.54) is 16.1 Å². The summed E-state index contributed by atoms with van der Waals surface area (Å²) in [5.41, 5.74) is 2.81. The number of carbonyl (C=O) groups is 1. The van der Waals surface area contributed by atoms with Crippen molar-refractivity contribution in [2.75, 3.05) is 18.4 Å². The molecule has 0 bridgehead atoms. The molecule has 4 rings (SSSR count). The van der Waals surface area contributed by atoms with E-state index in [-0.39, 0.29) is 10.8 Å². The van der Waals surface area contributed by atoms with E-state index < -0.39 is 15.3 Å². The Hall–Kier alpha value is -2.36. The lowest BCUT2D eigenvalue weighted by molar-refractivity contribution is -0.115. The number of thioether (sulfide) groups is 1.